The molecule has 0 amide bonds. The molecule has 0 aromatic carbocycles. The van der Waals surface area contributed by atoms with Gasteiger partial charge in [-0.15, -0.1) is 0 Å². The Morgan fingerprint density at radius 3 is 2.85 bits per heavy atom. The fourth-order valence-corrected chi connectivity index (χ4v) is 1.80. The van der Waals surface area contributed by atoms with Gasteiger partial charge in [-0.1, -0.05) is 6.42 Å². The minimum atomic E-state index is 0.680. The maximum absolute atomic E-state index is 4.08. The first-order chi connectivity index (χ1) is 6.45. The predicted molar refractivity (Wildman–Crippen MR) is 50.3 cm³/mol. The summed E-state index contributed by atoms with van der Waals surface area (Å²) in [5, 5.41) is 11.7. The van der Waals surface area contributed by atoms with E-state index in [-0.39, 0.29) is 0 Å². The van der Waals surface area contributed by atoms with Gasteiger partial charge in [0.1, 0.15) is 0 Å². The summed E-state index contributed by atoms with van der Waals surface area (Å²) in [7, 11) is 0. The lowest BCUT2D eigenvalue weighted by atomic mass is 10.0. The van der Waals surface area contributed by atoms with Crippen LogP contribution in [-0.2, 0) is 6.54 Å². The molecule has 2 heterocycles. The van der Waals surface area contributed by atoms with Crippen LogP contribution >= 0.6 is 0 Å². The molecule has 2 rings (SSSR count). The standard InChI is InChI=1S/C9H16N4/c1-2-5-10-9(3-1)4-8-13-11-6-7-12-13/h6-7,9-10H,1-5,8H2/t9-/m0/s1. The smallest absolute Gasteiger partial charge is 0.0693 e. The van der Waals surface area contributed by atoms with Gasteiger partial charge in [-0.25, -0.2) is 0 Å². The maximum atomic E-state index is 4.08. The highest BCUT2D eigenvalue weighted by Gasteiger charge is 2.11. The topological polar surface area (TPSA) is 42.7 Å². The average molecular weight is 180 g/mol. The largest absolute Gasteiger partial charge is 0.314 e. The Kier molecular flexibility index (Phi) is 2.92. The molecule has 0 aliphatic carbocycles. The van der Waals surface area contributed by atoms with Gasteiger partial charge < -0.3 is 5.32 Å². The summed E-state index contributed by atoms with van der Waals surface area (Å²) in [5.74, 6) is 0. The van der Waals surface area contributed by atoms with Crippen LogP contribution in [0.15, 0.2) is 12.4 Å². The highest BCUT2D eigenvalue weighted by atomic mass is 15.5. The normalized spacial score (nSPS) is 23.2. The van der Waals surface area contributed by atoms with Crippen LogP contribution in [0, 0.1) is 0 Å². The Labute approximate surface area is 78.3 Å². The summed E-state index contributed by atoms with van der Waals surface area (Å²) >= 11 is 0. The van der Waals surface area contributed by atoms with Gasteiger partial charge in [0.15, 0.2) is 0 Å². The summed E-state index contributed by atoms with van der Waals surface area (Å²) in [6, 6.07) is 0.680. The van der Waals surface area contributed by atoms with Crippen LogP contribution in [0.5, 0.6) is 0 Å². The second-order valence-electron chi connectivity index (χ2n) is 3.56. The van der Waals surface area contributed by atoms with E-state index >= 15 is 0 Å². The predicted octanol–water partition coefficient (Wildman–Crippen LogP) is 0.810. The molecule has 1 fully saturated rings. The minimum absolute atomic E-state index is 0.680. The van der Waals surface area contributed by atoms with Gasteiger partial charge in [0, 0.05) is 6.04 Å². The molecule has 1 aliphatic rings. The average Bonchev–Trinajstić information content (AvgIpc) is 2.69. The van der Waals surface area contributed by atoms with Crippen molar-refractivity contribution in [1.29, 1.82) is 0 Å². The van der Waals surface area contributed by atoms with E-state index in [4.69, 9.17) is 0 Å². The summed E-state index contributed by atoms with van der Waals surface area (Å²) in [5.41, 5.74) is 0. The van der Waals surface area contributed by atoms with Crippen molar-refractivity contribution in [2.24, 2.45) is 0 Å². The van der Waals surface area contributed by atoms with Gasteiger partial charge in [0.05, 0.1) is 18.9 Å². The molecule has 72 valence electrons. The molecule has 1 saturated heterocycles. The van der Waals surface area contributed by atoms with E-state index in [1.807, 2.05) is 0 Å². The summed E-state index contributed by atoms with van der Waals surface area (Å²) < 4.78 is 0. The molecule has 0 spiro atoms. The summed E-state index contributed by atoms with van der Waals surface area (Å²) in [6.07, 6.45) is 8.61. The fourth-order valence-electron chi connectivity index (χ4n) is 1.80. The third kappa shape index (κ3) is 2.52. The van der Waals surface area contributed by atoms with Gasteiger partial charge >= 0.3 is 0 Å². The molecular weight excluding hydrogens is 164 g/mol. The highest BCUT2D eigenvalue weighted by Crippen LogP contribution is 2.10. The molecule has 13 heavy (non-hydrogen) atoms. The van der Waals surface area contributed by atoms with Crippen molar-refractivity contribution in [2.75, 3.05) is 6.54 Å². The Hall–Kier alpha value is -0.900. The number of aromatic nitrogens is 3. The van der Waals surface area contributed by atoms with Crippen molar-refractivity contribution in [3.63, 3.8) is 0 Å². The molecule has 0 saturated carbocycles. The summed E-state index contributed by atoms with van der Waals surface area (Å²) in [4.78, 5) is 1.76. The Morgan fingerprint density at radius 1 is 1.31 bits per heavy atom. The van der Waals surface area contributed by atoms with Crippen LogP contribution in [0.2, 0.25) is 0 Å². The number of aryl methyl sites for hydroxylation is 1. The third-order valence-electron chi connectivity index (χ3n) is 2.56. The van der Waals surface area contributed by atoms with Gasteiger partial charge in [0.25, 0.3) is 0 Å². The van der Waals surface area contributed by atoms with Crippen LogP contribution in [0.25, 0.3) is 0 Å². The van der Waals surface area contributed by atoms with Crippen molar-refractivity contribution in [3.8, 4) is 0 Å². The molecule has 0 radical (unpaired) electrons. The number of rotatable bonds is 3. The molecule has 1 aromatic rings. The highest BCUT2D eigenvalue weighted by molar-refractivity contribution is 4.71. The number of nitrogens with one attached hydrogen (secondary N) is 1. The van der Waals surface area contributed by atoms with E-state index in [2.05, 4.69) is 15.5 Å². The van der Waals surface area contributed by atoms with E-state index in [1.165, 1.54) is 25.8 Å². The Bertz CT molecular complexity index is 226. The fraction of sp³-hybridized carbons (Fsp3) is 0.778. The number of piperidine rings is 1. The number of hydrogen-bond donors (Lipinski definition) is 1. The maximum Gasteiger partial charge on any atom is 0.0693 e. The SMILES string of the molecule is c1cnn(CC[C@@H]2CCCCN2)n1. The zero-order chi connectivity index (χ0) is 8.93. The van der Waals surface area contributed by atoms with E-state index in [9.17, 15) is 0 Å². The molecule has 1 aromatic heterocycles. The van der Waals surface area contributed by atoms with Crippen LogP contribution in [0.3, 0.4) is 0 Å². The monoisotopic (exact) mass is 180 g/mol. The first-order valence-corrected chi connectivity index (χ1v) is 5.02. The van der Waals surface area contributed by atoms with Crippen molar-refractivity contribution in [3.05, 3.63) is 12.4 Å². The Morgan fingerprint density at radius 2 is 2.15 bits per heavy atom. The van der Waals surface area contributed by atoms with E-state index in [0.29, 0.717) is 6.04 Å². The van der Waals surface area contributed by atoms with Crippen molar-refractivity contribution in [2.45, 2.75) is 38.3 Å². The van der Waals surface area contributed by atoms with Crippen LogP contribution in [-0.4, -0.2) is 27.6 Å². The zero-order valence-corrected chi connectivity index (χ0v) is 7.82. The van der Waals surface area contributed by atoms with E-state index in [0.717, 1.165) is 13.0 Å². The van der Waals surface area contributed by atoms with Gasteiger partial charge in [-0.3, -0.25) is 0 Å². The van der Waals surface area contributed by atoms with Crippen molar-refractivity contribution in [1.82, 2.24) is 20.3 Å². The molecule has 4 heteroatoms. The third-order valence-corrected chi connectivity index (χ3v) is 2.56. The molecular formula is C9H16N4. The molecule has 1 aliphatic heterocycles. The molecule has 0 unspecified atom stereocenters. The Balaban J connectivity index is 1.72. The molecule has 4 nitrogen and oxygen atoms in total. The summed E-state index contributed by atoms with van der Waals surface area (Å²) in [6.45, 7) is 2.11. The minimum Gasteiger partial charge on any atom is -0.314 e. The van der Waals surface area contributed by atoms with Crippen molar-refractivity contribution >= 4 is 0 Å². The van der Waals surface area contributed by atoms with E-state index in [1.54, 1.807) is 17.2 Å². The zero-order valence-electron chi connectivity index (χ0n) is 7.82. The first-order valence-electron chi connectivity index (χ1n) is 5.02. The lowest BCUT2D eigenvalue weighted by Gasteiger charge is -2.22. The van der Waals surface area contributed by atoms with Crippen LogP contribution in [0.4, 0.5) is 0 Å². The van der Waals surface area contributed by atoms with Crippen LogP contribution < -0.4 is 5.32 Å². The van der Waals surface area contributed by atoms with Gasteiger partial charge in [-0.2, -0.15) is 15.0 Å². The molecule has 0 bridgehead atoms. The number of nitrogens with zero attached hydrogens (tertiary/aromatic N) is 3. The number of hydrogen-bond acceptors (Lipinski definition) is 3. The van der Waals surface area contributed by atoms with E-state index < -0.39 is 0 Å². The van der Waals surface area contributed by atoms with Crippen LogP contribution in [0.1, 0.15) is 25.7 Å². The second kappa shape index (κ2) is 4.37. The quantitative estimate of drug-likeness (QED) is 0.748. The lowest BCUT2D eigenvalue weighted by molar-refractivity contribution is 0.351. The molecule has 1 N–H and O–H groups in total. The second-order valence-corrected chi connectivity index (χ2v) is 3.56. The van der Waals surface area contributed by atoms with Gasteiger partial charge in [0.2, 0.25) is 0 Å². The van der Waals surface area contributed by atoms with Gasteiger partial charge in [-0.05, 0) is 25.8 Å². The molecule has 1 atom stereocenters. The lowest BCUT2D eigenvalue weighted by Crippen LogP contribution is -2.34. The first kappa shape index (κ1) is 8.69. The van der Waals surface area contributed by atoms with Crippen molar-refractivity contribution < 1.29 is 0 Å².